The highest BCUT2D eigenvalue weighted by Crippen LogP contribution is 2.73. The lowest BCUT2D eigenvalue weighted by molar-refractivity contribution is -0.116. The highest BCUT2D eigenvalue weighted by molar-refractivity contribution is 5.92. The van der Waals surface area contributed by atoms with Gasteiger partial charge in [-0.1, -0.05) is 44.6 Å². The van der Waals surface area contributed by atoms with Gasteiger partial charge in [0.25, 0.3) is 0 Å². The topological polar surface area (TPSA) is 17.1 Å². The fourth-order valence-electron chi connectivity index (χ4n) is 7.68. The zero-order valence-electron chi connectivity index (χ0n) is 15.4. The van der Waals surface area contributed by atoms with Crippen molar-refractivity contribution in [1.29, 1.82) is 0 Å². The molecule has 1 heteroatoms. The maximum absolute atomic E-state index is 11.9. The largest absolute Gasteiger partial charge is 0.295 e. The van der Waals surface area contributed by atoms with E-state index in [1.165, 1.54) is 37.7 Å². The fraction of sp³-hybridized carbons (Fsp3) is 0.696. The van der Waals surface area contributed by atoms with Gasteiger partial charge in [0.05, 0.1) is 0 Å². The van der Waals surface area contributed by atoms with E-state index in [1.807, 2.05) is 6.08 Å². The SMILES string of the molecule is C[C@@H]1CC[C@]2(C)CC=C3C4C=CC5=CC(=O)CCC5(C)C4CCC312. The third-order valence-corrected chi connectivity index (χ3v) is 9.15. The fourth-order valence-corrected chi connectivity index (χ4v) is 7.68. The van der Waals surface area contributed by atoms with Crippen LogP contribution < -0.4 is 0 Å². The van der Waals surface area contributed by atoms with Crippen LogP contribution in [0, 0.1) is 34.0 Å². The summed E-state index contributed by atoms with van der Waals surface area (Å²) >= 11 is 0. The Bertz CT molecular complexity index is 710. The van der Waals surface area contributed by atoms with Crippen LogP contribution in [0.25, 0.3) is 0 Å². The maximum atomic E-state index is 11.9. The summed E-state index contributed by atoms with van der Waals surface area (Å²) in [4.78, 5) is 11.9. The summed E-state index contributed by atoms with van der Waals surface area (Å²) in [6, 6.07) is 0. The number of hydrogen-bond donors (Lipinski definition) is 0. The van der Waals surface area contributed by atoms with Crippen molar-refractivity contribution >= 4 is 5.78 Å². The van der Waals surface area contributed by atoms with Crippen molar-refractivity contribution in [2.45, 2.75) is 65.7 Å². The predicted molar refractivity (Wildman–Crippen MR) is 97.4 cm³/mol. The maximum Gasteiger partial charge on any atom is 0.156 e. The molecule has 2 fully saturated rings. The van der Waals surface area contributed by atoms with E-state index < -0.39 is 0 Å². The molecule has 0 aromatic rings. The predicted octanol–water partition coefficient (Wildman–Crippen LogP) is 5.63. The highest BCUT2D eigenvalue weighted by atomic mass is 16.1. The van der Waals surface area contributed by atoms with E-state index in [4.69, 9.17) is 0 Å². The van der Waals surface area contributed by atoms with Gasteiger partial charge < -0.3 is 0 Å². The number of ketones is 1. The molecular formula is C23H30O. The van der Waals surface area contributed by atoms with Crippen molar-refractivity contribution in [3.8, 4) is 0 Å². The molecule has 1 spiro atoms. The van der Waals surface area contributed by atoms with Gasteiger partial charge in [0.15, 0.2) is 5.78 Å². The van der Waals surface area contributed by atoms with Gasteiger partial charge in [0, 0.05) is 17.8 Å². The van der Waals surface area contributed by atoms with Crippen LogP contribution in [-0.2, 0) is 4.79 Å². The number of carbonyl (C=O) groups is 1. The third-order valence-electron chi connectivity index (χ3n) is 9.15. The van der Waals surface area contributed by atoms with Gasteiger partial charge in [0.2, 0.25) is 0 Å². The molecule has 0 N–H and O–H groups in total. The van der Waals surface area contributed by atoms with Gasteiger partial charge >= 0.3 is 0 Å². The third kappa shape index (κ3) is 1.56. The number of hydrogen-bond acceptors (Lipinski definition) is 1. The Kier molecular flexibility index (Phi) is 2.87. The first kappa shape index (κ1) is 15.2. The molecule has 6 atom stereocenters. The summed E-state index contributed by atoms with van der Waals surface area (Å²) in [5.41, 5.74) is 4.31. The van der Waals surface area contributed by atoms with Crippen molar-refractivity contribution in [3.63, 3.8) is 0 Å². The van der Waals surface area contributed by atoms with Crippen LogP contribution in [-0.4, -0.2) is 5.78 Å². The molecule has 0 heterocycles. The van der Waals surface area contributed by atoms with Crippen LogP contribution in [0.5, 0.6) is 0 Å². The first-order valence-corrected chi connectivity index (χ1v) is 10.0. The van der Waals surface area contributed by atoms with Crippen LogP contribution in [0.15, 0.2) is 35.5 Å². The average Bonchev–Trinajstić information content (AvgIpc) is 2.99. The summed E-state index contributed by atoms with van der Waals surface area (Å²) < 4.78 is 0. The molecule has 1 nitrogen and oxygen atoms in total. The van der Waals surface area contributed by atoms with Gasteiger partial charge in [-0.05, 0) is 72.8 Å². The molecule has 0 aromatic carbocycles. The van der Waals surface area contributed by atoms with Crippen molar-refractivity contribution < 1.29 is 4.79 Å². The summed E-state index contributed by atoms with van der Waals surface area (Å²) in [5, 5.41) is 0. The second-order valence-corrected chi connectivity index (χ2v) is 9.85. The Morgan fingerprint density at radius 2 is 1.96 bits per heavy atom. The summed E-state index contributed by atoms with van der Waals surface area (Å²) in [6.07, 6.45) is 18.0. The lowest BCUT2D eigenvalue weighted by atomic mass is 9.47. The first-order chi connectivity index (χ1) is 11.4. The van der Waals surface area contributed by atoms with Crippen molar-refractivity contribution in [1.82, 2.24) is 0 Å². The molecule has 5 aliphatic rings. The Labute approximate surface area is 146 Å². The molecule has 5 rings (SSSR count). The molecule has 0 radical (unpaired) electrons. The Morgan fingerprint density at radius 1 is 1.12 bits per heavy atom. The number of allylic oxidation sites excluding steroid dienone is 6. The monoisotopic (exact) mass is 322 g/mol. The molecule has 128 valence electrons. The van der Waals surface area contributed by atoms with Crippen LogP contribution >= 0.6 is 0 Å². The zero-order chi connectivity index (χ0) is 16.7. The van der Waals surface area contributed by atoms with E-state index in [0.29, 0.717) is 28.4 Å². The molecule has 0 amide bonds. The number of rotatable bonds is 0. The lowest BCUT2D eigenvalue weighted by Gasteiger charge is -2.57. The van der Waals surface area contributed by atoms with Gasteiger partial charge in [-0.25, -0.2) is 0 Å². The Morgan fingerprint density at radius 3 is 2.79 bits per heavy atom. The molecule has 0 aliphatic heterocycles. The van der Waals surface area contributed by atoms with Crippen LogP contribution in [0.1, 0.15) is 65.7 Å². The second kappa shape index (κ2) is 4.54. The molecule has 2 saturated carbocycles. The first-order valence-electron chi connectivity index (χ1n) is 10.0. The smallest absolute Gasteiger partial charge is 0.156 e. The minimum atomic E-state index is 0.219. The summed E-state index contributed by atoms with van der Waals surface area (Å²) in [7, 11) is 0. The molecular weight excluding hydrogens is 292 g/mol. The highest BCUT2D eigenvalue weighted by Gasteiger charge is 2.64. The molecule has 0 aromatic heterocycles. The normalized spacial score (nSPS) is 52.1. The Hall–Kier alpha value is -1.11. The van der Waals surface area contributed by atoms with Crippen molar-refractivity contribution in [2.24, 2.45) is 34.0 Å². The number of fused-ring (bicyclic) bond motifs is 4. The van der Waals surface area contributed by atoms with Gasteiger partial charge in [-0.2, -0.15) is 0 Å². The second-order valence-electron chi connectivity index (χ2n) is 9.85. The van der Waals surface area contributed by atoms with E-state index in [2.05, 4.69) is 39.0 Å². The van der Waals surface area contributed by atoms with Gasteiger partial charge in [0.1, 0.15) is 0 Å². The van der Waals surface area contributed by atoms with Gasteiger partial charge in [-0.3, -0.25) is 4.79 Å². The number of carbonyl (C=O) groups excluding carboxylic acids is 1. The van der Waals surface area contributed by atoms with Crippen LogP contribution in [0.2, 0.25) is 0 Å². The molecule has 0 saturated heterocycles. The zero-order valence-corrected chi connectivity index (χ0v) is 15.4. The van der Waals surface area contributed by atoms with Gasteiger partial charge in [-0.15, -0.1) is 0 Å². The summed E-state index contributed by atoms with van der Waals surface area (Å²) in [6.45, 7) is 7.53. The van der Waals surface area contributed by atoms with Crippen LogP contribution in [0.3, 0.4) is 0 Å². The van der Waals surface area contributed by atoms with E-state index in [1.54, 1.807) is 5.57 Å². The molecule has 5 aliphatic carbocycles. The van der Waals surface area contributed by atoms with E-state index >= 15 is 0 Å². The average molecular weight is 322 g/mol. The Balaban J connectivity index is 1.61. The minimum absolute atomic E-state index is 0.219. The van der Waals surface area contributed by atoms with E-state index in [0.717, 1.165) is 18.8 Å². The molecule has 0 bridgehead atoms. The quantitative estimate of drug-likeness (QED) is 0.528. The van der Waals surface area contributed by atoms with Crippen molar-refractivity contribution in [2.75, 3.05) is 0 Å². The summed E-state index contributed by atoms with van der Waals surface area (Å²) in [5.74, 6) is 2.49. The van der Waals surface area contributed by atoms with E-state index in [-0.39, 0.29) is 5.41 Å². The molecule has 4 unspecified atom stereocenters. The van der Waals surface area contributed by atoms with Crippen LogP contribution in [0.4, 0.5) is 0 Å². The lowest BCUT2D eigenvalue weighted by Crippen LogP contribution is -2.49. The molecule has 24 heavy (non-hydrogen) atoms. The van der Waals surface area contributed by atoms with E-state index in [9.17, 15) is 4.79 Å². The minimum Gasteiger partial charge on any atom is -0.295 e. The standard InChI is InChI=1S/C23H30O/c1-15-6-10-21(2)11-8-20-18-5-4-16-14-17(24)7-12-22(16,3)19(18)9-13-23(15,20)21/h4-5,8,14-15,18-19H,6-7,9-13H2,1-3H3/t15-,18?,19?,21-,22?,23?/m1/s1. The van der Waals surface area contributed by atoms with Crippen molar-refractivity contribution in [3.05, 3.63) is 35.5 Å².